The van der Waals surface area contributed by atoms with Crippen LogP contribution in [0, 0.1) is 0 Å². The lowest BCUT2D eigenvalue weighted by Crippen LogP contribution is -2.56. The lowest BCUT2D eigenvalue weighted by Gasteiger charge is -2.41. The van der Waals surface area contributed by atoms with E-state index in [9.17, 15) is 14.4 Å². The first kappa shape index (κ1) is 29.2. The van der Waals surface area contributed by atoms with Crippen molar-refractivity contribution in [3.05, 3.63) is 83.4 Å². The molecule has 0 bridgehead atoms. The van der Waals surface area contributed by atoms with E-state index in [4.69, 9.17) is 0 Å². The van der Waals surface area contributed by atoms with Gasteiger partial charge in [-0.2, -0.15) is 0 Å². The molecule has 0 aromatic heterocycles. The third-order valence-electron chi connectivity index (χ3n) is 10.1. The van der Waals surface area contributed by atoms with Crippen LogP contribution in [0.2, 0.25) is 0 Å². The zero-order chi connectivity index (χ0) is 30.0. The lowest BCUT2D eigenvalue weighted by molar-refractivity contribution is -0.135. The fourth-order valence-electron chi connectivity index (χ4n) is 7.71. The molecule has 43 heavy (non-hydrogen) atoms. The van der Waals surface area contributed by atoms with E-state index in [1.54, 1.807) is 4.90 Å². The summed E-state index contributed by atoms with van der Waals surface area (Å²) in [4.78, 5) is 44.0. The van der Waals surface area contributed by atoms with E-state index >= 15 is 0 Å². The standard InChI is InChI=1S/C36H44N4O3/c1-39(2)33(41)30-24-36(31-15-9-8-14-29(30)31)18-20-40(21-19-36)34(42)32(38-35(43)37-28-12-4-3-5-13-28)23-25-16-17-26-10-6-7-11-27(26)22-25/h6-11,14-17,22,28,30,32H,3-5,12-13,18-21,23-24H2,1-2H3,(H2,37,38,43). The molecule has 6 rings (SSSR count). The van der Waals surface area contributed by atoms with Crippen LogP contribution in [0.4, 0.5) is 4.79 Å². The van der Waals surface area contributed by atoms with Gasteiger partial charge in [-0.15, -0.1) is 0 Å². The molecule has 7 heteroatoms. The minimum absolute atomic E-state index is 0.0333. The number of likely N-dealkylation sites (tertiary alicyclic amines) is 1. The fourth-order valence-corrected chi connectivity index (χ4v) is 7.71. The summed E-state index contributed by atoms with van der Waals surface area (Å²) >= 11 is 0. The molecular weight excluding hydrogens is 536 g/mol. The normalized spacial score (nSPS) is 20.4. The minimum Gasteiger partial charge on any atom is -0.348 e. The van der Waals surface area contributed by atoms with Crippen molar-refractivity contribution in [3.8, 4) is 0 Å². The van der Waals surface area contributed by atoms with E-state index in [2.05, 4.69) is 59.2 Å². The second-order valence-electron chi connectivity index (χ2n) is 13.1. The van der Waals surface area contributed by atoms with Crippen molar-refractivity contribution in [2.24, 2.45) is 0 Å². The Morgan fingerprint density at radius 3 is 2.35 bits per heavy atom. The number of likely N-dealkylation sites (N-methyl/N-ethyl adjacent to an activating group) is 1. The molecule has 2 unspecified atom stereocenters. The Hall–Kier alpha value is -3.87. The number of nitrogens with zero attached hydrogens (tertiary/aromatic N) is 2. The fraction of sp³-hybridized carbons (Fsp3) is 0.472. The highest BCUT2D eigenvalue weighted by atomic mass is 16.2. The van der Waals surface area contributed by atoms with Gasteiger partial charge in [0.2, 0.25) is 11.8 Å². The van der Waals surface area contributed by atoms with Gasteiger partial charge in [-0.1, -0.05) is 86.0 Å². The monoisotopic (exact) mass is 580 g/mol. The maximum Gasteiger partial charge on any atom is 0.315 e. The Morgan fingerprint density at radius 1 is 0.907 bits per heavy atom. The number of carbonyl (C=O) groups is 3. The average molecular weight is 581 g/mol. The number of piperidine rings is 1. The molecule has 1 aliphatic heterocycles. The molecule has 0 radical (unpaired) electrons. The Bertz CT molecular complexity index is 1490. The predicted octanol–water partition coefficient (Wildman–Crippen LogP) is 5.52. The summed E-state index contributed by atoms with van der Waals surface area (Å²) in [6.45, 7) is 1.21. The van der Waals surface area contributed by atoms with Crippen LogP contribution in [0.3, 0.4) is 0 Å². The SMILES string of the molecule is CN(C)C(=O)C1CC2(CCN(C(=O)C(Cc3ccc4ccccc4c3)NC(=O)NC3CCCCC3)CC2)c2ccccc21. The Morgan fingerprint density at radius 2 is 1.60 bits per heavy atom. The Labute approximate surface area is 255 Å². The van der Waals surface area contributed by atoms with Gasteiger partial charge >= 0.3 is 6.03 Å². The number of nitrogens with one attached hydrogen (secondary N) is 2. The number of hydrogen-bond donors (Lipinski definition) is 2. The Kier molecular flexibility index (Phi) is 8.42. The lowest BCUT2D eigenvalue weighted by atomic mass is 9.73. The van der Waals surface area contributed by atoms with Gasteiger partial charge in [0.1, 0.15) is 6.04 Å². The second kappa shape index (κ2) is 12.4. The molecule has 2 fully saturated rings. The molecule has 1 saturated heterocycles. The van der Waals surface area contributed by atoms with Crippen LogP contribution in [0.25, 0.3) is 10.8 Å². The zero-order valence-electron chi connectivity index (χ0n) is 25.5. The van der Waals surface area contributed by atoms with Gasteiger partial charge in [0.15, 0.2) is 0 Å². The van der Waals surface area contributed by atoms with Gasteiger partial charge < -0.3 is 20.4 Å². The molecule has 3 aliphatic rings. The van der Waals surface area contributed by atoms with E-state index in [1.807, 2.05) is 37.2 Å². The summed E-state index contributed by atoms with van der Waals surface area (Å²) < 4.78 is 0. The first-order valence-corrected chi connectivity index (χ1v) is 16.0. The number of amides is 4. The number of hydrogen-bond acceptors (Lipinski definition) is 3. The van der Waals surface area contributed by atoms with Crippen molar-refractivity contribution < 1.29 is 14.4 Å². The highest BCUT2D eigenvalue weighted by molar-refractivity contribution is 5.89. The summed E-state index contributed by atoms with van der Waals surface area (Å²) in [5, 5.41) is 8.50. The molecule has 2 atom stereocenters. The van der Waals surface area contributed by atoms with Crippen molar-refractivity contribution in [1.29, 1.82) is 0 Å². The average Bonchev–Trinajstić information content (AvgIpc) is 3.34. The highest BCUT2D eigenvalue weighted by Gasteiger charge is 2.48. The van der Waals surface area contributed by atoms with Gasteiger partial charge in [-0.05, 0) is 59.6 Å². The quantitative estimate of drug-likeness (QED) is 0.403. The summed E-state index contributed by atoms with van der Waals surface area (Å²) in [6, 6.07) is 22.1. The molecule has 1 spiro atoms. The van der Waals surface area contributed by atoms with E-state index in [0.717, 1.165) is 66.8 Å². The van der Waals surface area contributed by atoms with E-state index in [-0.39, 0.29) is 35.2 Å². The second-order valence-corrected chi connectivity index (χ2v) is 13.1. The van der Waals surface area contributed by atoms with Crippen LogP contribution in [0.1, 0.15) is 74.0 Å². The molecule has 7 nitrogen and oxygen atoms in total. The van der Waals surface area contributed by atoms with E-state index in [0.29, 0.717) is 19.5 Å². The van der Waals surface area contributed by atoms with Crippen molar-refractivity contribution in [1.82, 2.24) is 20.4 Å². The number of carbonyl (C=O) groups excluding carboxylic acids is 3. The number of urea groups is 1. The summed E-state index contributed by atoms with van der Waals surface area (Å²) in [5.74, 6) is -0.0280. The van der Waals surface area contributed by atoms with Gasteiger partial charge in [0.25, 0.3) is 0 Å². The van der Waals surface area contributed by atoms with Gasteiger partial charge in [0, 0.05) is 45.1 Å². The third kappa shape index (κ3) is 6.13. The molecule has 226 valence electrons. The number of rotatable bonds is 6. The van der Waals surface area contributed by atoms with Crippen LogP contribution in [0.15, 0.2) is 66.7 Å². The molecule has 1 heterocycles. The topological polar surface area (TPSA) is 81.8 Å². The van der Waals surface area contributed by atoms with Crippen LogP contribution >= 0.6 is 0 Å². The van der Waals surface area contributed by atoms with Crippen molar-refractivity contribution in [2.75, 3.05) is 27.2 Å². The van der Waals surface area contributed by atoms with E-state index in [1.165, 1.54) is 12.0 Å². The smallest absolute Gasteiger partial charge is 0.315 e. The molecule has 2 N–H and O–H groups in total. The first-order chi connectivity index (χ1) is 20.8. The van der Waals surface area contributed by atoms with Crippen molar-refractivity contribution in [3.63, 3.8) is 0 Å². The maximum absolute atomic E-state index is 14.1. The van der Waals surface area contributed by atoms with Gasteiger partial charge in [0.05, 0.1) is 5.92 Å². The predicted molar refractivity (Wildman–Crippen MR) is 170 cm³/mol. The molecule has 3 aromatic carbocycles. The van der Waals surface area contributed by atoms with Crippen molar-refractivity contribution in [2.45, 2.75) is 81.2 Å². The summed E-state index contributed by atoms with van der Waals surface area (Å²) in [6.07, 6.45) is 8.29. The van der Waals surface area contributed by atoms with E-state index < -0.39 is 6.04 Å². The largest absolute Gasteiger partial charge is 0.348 e. The zero-order valence-corrected chi connectivity index (χ0v) is 25.5. The van der Waals surface area contributed by atoms with Crippen LogP contribution in [-0.2, 0) is 21.4 Å². The molecule has 3 aromatic rings. The van der Waals surface area contributed by atoms with Crippen LogP contribution in [0.5, 0.6) is 0 Å². The third-order valence-corrected chi connectivity index (χ3v) is 10.1. The summed E-state index contributed by atoms with van der Waals surface area (Å²) in [5.41, 5.74) is 3.32. The molecule has 4 amide bonds. The highest BCUT2D eigenvalue weighted by Crippen LogP contribution is 2.52. The number of fused-ring (bicyclic) bond motifs is 3. The maximum atomic E-state index is 14.1. The summed E-state index contributed by atoms with van der Waals surface area (Å²) in [7, 11) is 3.65. The van der Waals surface area contributed by atoms with Crippen molar-refractivity contribution >= 4 is 28.6 Å². The van der Waals surface area contributed by atoms with Gasteiger partial charge in [-0.3, -0.25) is 9.59 Å². The first-order valence-electron chi connectivity index (χ1n) is 16.0. The minimum atomic E-state index is -0.655. The van der Waals surface area contributed by atoms with Gasteiger partial charge in [-0.25, -0.2) is 4.79 Å². The van der Waals surface area contributed by atoms with Crippen LogP contribution < -0.4 is 10.6 Å². The molecule has 1 saturated carbocycles. The molecule has 2 aliphatic carbocycles. The molecular formula is C36H44N4O3. The van der Waals surface area contributed by atoms with Crippen LogP contribution in [-0.4, -0.2) is 66.9 Å². The number of benzene rings is 3. The Balaban J connectivity index is 1.19.